The third kappa shape index (κ3) is 2.56. The average molecular weight is 410 g/mol. The molecule has 0 spiro atoms. The number of amides is 3. The standard InChI is InChI=1S/C22H19FN2O5/c1-3-30-21(29)22(15-11-13(23)9-10-17(15)24(2)20(22)28)16-12-18(26)25(19(16)27)14-7-5-4-6-8-14/h4-11,16H,3,12H2,1-2H3/t16-,22-/m1/s1. The van der Waals surface area contributed by atoms with E-state index in [9.17, 15) is 23.6 Å². The number of hydrogen-bond acceptors (Lipinski definition) is 5. The highest BCUT2D eigenvalue weighted by molar-refractivity contribution is 6.29. The van der Waals surface area contributed by atoms with Gasteiger partial charge in [-0.15, -0.1) is 0 Å². The zero-order valence-electron chi connectivity index (χ0n) is 16.4. The number of esters is 1. The van der Waals surface area contributed by atoms with Crippen molar-refractivity contribution in [3.8, 4) is 0 Å². The first-order chi connectivity index (χ1) is 14.3. The fourth-order valence-electron chi connectivity index (χ4n) is 4.35. The molecule has 8 heteroatoms. The first-order valence-corrected chi connectivity index (χ1v) is 9.51. The summed E-state index contributed by atoms with van der Waals surface area (Å²) in [5, 5.41) is 0. The molecule has 2 aliphatic rings. The second kappa shape index (κ2) is 7.05. The zero-order valence-corrected chi connectivity index (χ0v) is 16.4. The second-order valence-electron chi connectivity index (χ2n) is 7.21. The minimum absolute atomic E-state index is 0.0366. The molecule has 0 aromatic heterocycles. The maximum atomic E-state index is 14.2. The van der Waals surface area contributed by atoms with Gasteiger partial charge in [-0.05, 0) is 37.3 Å². The van der Waals surface area contributed by atoms with Gasteiger partial charge in [-0.2, -0.15) is 0 Å². The lowest BCUT2D eigenvalue weighted by molar-refractivity contribution is -0.158. The summed E-state index contributed by atoms with van der Waals surface area (Å²) in [6, 6.07) is 11.9. The van der Waals surface area contributed by atoms with E-state index in [1.165, 1.54) is 24.1 Å². The van der Waals surface area contributed by atoms with Gasteiger partial charge in [0.2, 0.25) is 17.7 Å². The lowest BCUT2D eigenvalue weighted by atomic mass is 9.70. The molecule has 0 unspecified atom stereocenters. The van der Waals surface area contributed by atoms with Crippen LogP contribution in [0.15, 0.2) is 48.5 Å². The summed E-state index contributed by atoms with van der Waals surface area (Å²) in [5.41, 5.74) is -1.45. The molecule has 30 heavy (non-hydrogen) atoms. The molecule has 4 rings (SSSR count). The van der Waals surface area contributed by atoms with Crippen molar-refractivity contribution < 1.29 is 28.3 Å². The Hall–Kier alpha value is -3.55. The van der Waals surface area contributed by atoms with Gasteiger partial charge >= 0.3 is 5.97 Å². The van der Waals surface area contributed by atoms with Crippen molar-refractivity contribution >= 4 is 35.1 Å². The molecule has 1 saturated heterocycles. The van der Waals surface area contributed by atoms with Crippen molar-refractivity contribution in [2.24, 2.45) is 5.92 Å². The Morgan fingerprint density at radius 3 is 2.53 bits per heavy atom. The molecular formula is C22H19FN2O5. The van der Waals surface area contributed by atoms with Gasteiger partial charge in [-0.25, -0.2) is 4.39 Å². The van der Waals surface area contributed by atoms with Gasteiger partial charge in [-0.3, -0.25) is 24.1 Å². The largest absolute Gasteiger partial charge is 0.465 e. The molecule has 2 aromatic rings. The Labute approximate surface area is 172 Å². The molecule has 0 saturated carbocycles. The number of para-hydroxylation sites is 1. The maximum Gasteiger partial charge on any atom is 0.327 e. The third-order valence-corrected chi connectivity index (χ3v) is 5.67. The maximum absolute atomic E-state index is 14.2. The number of carbonyl (C=O) groups excluding carboxylic acids is 4. The molecule has 0 radical (unpaired) electrons. The normalized spacial score (nSPS) is 23.2. The Morgan fingerprint density at radius 2 is 1.87 bits per heavy atom. The smallest absolute Gasteiger partial charge is 0.327 e. The van der Waals surface area contributed by atoms with Gasteiger partial charge in [0, 0.05) is 24.7 Å². The Morgan fingerprint density at radius 1 is 1.17 bits per heavy atom. The first kappa shape index (κ1) is 19.8. The summed E-state index contributed by atoms with van der Waals surface area (Å²) < 4.78 is 19.4. The van der Waals surface area contributed by atoms with Crippen LogP contribution in [0.1, 0.15) is 18.9 Å². The summed E-state index contributed by atoms with van der Waals surface area (Å²) >= 11 is 0. The second-order valence-corrected chi connectivity index (χ2v) is 7.21. The molecule has 7 nitrogen and oxygen atoms in total. The number of imide groups is 1. The summed E-state index contributed by atoms with van der Waals surface area (Å²) in [6.45, 7) is 1.53. The molecule has 0 N–H and O–H groups in total. The average Bonchev–Trinajstić information content (AvgIpc) is 3.14. The van der Waals surface area contributed by atoms with E-state index >= 15 is 0 Å². The van der Waals surface area contributed by atoms with E-state index in [4.69, 9.17) is 4.74 Å². The van der Waals surface area contributed by atoms with Crippen molar-refractivity contribution in [1.29, 1.82) is 0 Å². The number of fused-ring (bicyclic) bond motifs is 1. The van der Waals surface area contributed by atoms with Crippen molar-refractivity contribution in [2.45, 2.75) is 18.8 Å². The fourth-order valence-corrected chi connectivity index (χ4v) is 4.35. The molecule has 0 bridgehead atoms. The highest BCUT2D eigenvalue weighted by Gasteiger charge is 2.66. The zero-order chi connectivity index (χ0) is 21.6. The SMILES string of the molecule is CCOC(=O)[C@]1([C@@H]2CC(=O)N(c3ccccc3)C2=O)C(=O)N(C)c2ccc(F)cc21. The van der Waals surface area contributed by atoms with Crippen LogP contribution >= 0.6 is 0 Å². The Balaban J connectivity index is 1.91. The minimum Gasteiger partial charge on any atom is -0.465 e. The number of benzene rings is 2. The van der Waals surface area contributed by atoms with Crippen LogP contribution in [0.25, 0.3) is 0 Å². The van der Waals surface area contributed by atoms with E-state index in [-0.39, 0.29) is 18.6 Å². The summed E-state index contributed by atoms with van der Waals surface area (Å²) in [7, 11) is 1.44. The first-order valence-electron chi connectivity index (χ1n) is 9.51. The van der Waals surface area contributed by atoms with E-state index < -0.39 is 40.8 Å². The van der Waals surface area contributed by atoms with E-state index in [1.807, 2.05) is 0 Å². The number of carbonyl (C=O) groups is 4. The van der Waals surface area contributed by atoms with E-state index in [1.54, 1.807) is 37.3 Å². The van der Waals surface area contributed by atoms with Crippen molar-refractivity contribution in [3.05, 3.63) is 59.9 Å². The highest BCUT2D eigenvalue weighted by Crippen LogP contribution is 2.50. The predicted molar refractivity (Wildman–Crippen MR) is 105 cm³/mol. The van der Waals surface area contributed by atoms with E-state index in [0.29, 0.717) is 11.4 Å². The van der Waals surface area contributed by atoms with Gasteiger partial charge in [0.25, 0.3) is 0 Å². The Kier molecular flexibility index (Phi) is 4.64. The summed E-state index contributed by atoms with van der Waals surface area (Å²) in [6.07, 6.45) is -0.373. The summed E-state index contributed by atoms with van der Waals surface area (Å²) in [4.78, 5) is 55.0. The van der Waals surface area contributed by atoms with Crippen LogP contribution in [-0.4, -0.2) is 37.3 Å². The molecule has 2 aromatic carbocycles. The molecule has 2 aliphatic heterocycles. The summed E-state index contributed by atoms with van der Waals surface area (Å²) in [5.74, 6) is -4.93. The van der Waals surface area contributed by atoms with Crippen molar-refractivity contribution in [3.63, 3.8) is 0 Å². The molecule has 3 amide bonds. The monoisotopic (exact) mass is 410 g/mol. The number of likely N-dealkylation sites (N-methyl/N-ethyl adjacent to an activating group) is 1. The molecule has 154 valence electrons. The lowest BCUT2D eigenvalue weighted by Gasteiger charge is -2.30. The van der Waals surface area contributed by atoms with Crippen LogP contribution in [0.5, 0.6) is 0 Å². The van der Waals surface area contributed by atoms with Crippen molar-refractivity contribution in [1.82, 2.24) is 0 Å². The van der Waals surface area contributed by atoms with Gasteiger partial charge in [0.05, 0.1) is 18.2 Å². The molecule has 0 aliphatic carbocycles. The quantitative estimate of drug-likeness (QED) is 0.438. The number of nitrogens with zero attached hydrogens (tertiary/aromatic N) is 2. The highest BCUT2D eigenvalue weighted by atomic mass is 19.1. The number of anilines is 2. The molecular weight excluding hydrogens is 391 g/mol. The van der Waals surface area contributed by atoms with Crippen LogP contribution in [0.3, 0.4) is 0 Å². The van der Waals surface area contributed by atoms with E-state index in [0.717, 1.165) is 11.0 Å². The Bertz CT molecular complexity index is 1070. The van der Waals surface area contributed by atoms with E-state index in [2.05, 4.69) is 0 Å². The fraction of sp³-hybridized carbons (Fsp3) is 0.273. The number of hydrogen-bond donors (Lipinski definition) is 0. The third-order valence-electron chi connectivity index (χ3n) is 5.67. The van der Waals surface area contributed by atoms with Crippen LogP contribution in [-0.2, 0) is 29.3 Å². The number of ether oxygens (including phenoxy) is 1. The van der Waals surface area contributed by atoms with Crippen LogP contribution < -0.4 is 9.80 Å². The molecule has 2 heterocycles. The van der Waals surface area contributed by atoms with Gasteiger partial charge in [-0.1, -0.05) is 18.2 Å². The molecule has 2 atom stereocenters. The number of halogens is 1. The van der Waals surface area contributed by atoms with Crippen molar-refractivity contribution in [2.75, 3.05) is 23.5 Å². The van der Waals surface area contributed by atoms with Gasteiger partial charge in [0.15, 0.2) is 5.41 Å². The number of rotatable bonds is 4. The van der Waals surface area contributed by atoms with Gasteiger partial charge in [0.1, 0.15) is 5.82 Å². The van der Waals surface area contributed by atoms with Crippen LogP contribution in [0, 0.1) is 11.7 Å². The van der Waals surface area contributed by atoms with Gasteiger partial charge < -0.3 is 9.64 Å². The minimum atomic E-state index is -2.13. The topological polar surface area (TPSA) is 84.0 Å². The molecule has 1 fully saturated rings. The van der Waals surface area contributed by atoms with Crippen LogP contribution in [0.4, 0.5) is 15.8 Å². The predicted octanol–water partition coefficient (Wildman–Crippen LogP) is 2.18. The van der Waals surface area contributed by atoms with Crippen LogP contribution in [0.2, 0.25) is 0 Å². The lowest BCUT2D eigenvalue weighted by Crippen LogP contribution is -2.54.